The lowest BCUT2D eigenvalue weighted by Gasteiger charge is -2.44. The number of hydrogen-bond acceptors (Lipinski definition) is 6. The highest BCUT2D eigenvalue weighted by atomic mass is 16.4. The molecule has 7 rings (SSSR count). The molecule has 0 saturated carbocycles. The summed E-state index contributed by atoms with van der Waals surface area (Å²) >= 11 is 0. The normalized spacial score (nSPS) is 20.7. The van der Waals surface area contributed by atoms with Crippen molar-refractivity contribution in [2.24, 2.45) is 10.5 Å². The third-order valence-corrected chi connectivity index (χ3v) is 9.54. The lowest BCUT2D eigenvalue weighted by Crippen LogP contribution is -2.53. The van der Waals surface area contributed by atoms with Crippen LogP contribution in [0.3, 0.4) is 0 Å². The van der Waals surface area contributed by atoms with E-state index in [4.69, 9.17) is 5.10 Å². The summed E-state index contributed by atoms with van der Waals surface area (Å²) in [6.45, 7) is 5.04. The smallest absolute Gasteiger partial charge is 0.341 e. The fourth-order valence-corrected chi connectivity index (χ4v) is 7.22. The summed E-state index contributed by atoms with van der Waals surface area (Å²) in [7, 11) is 0. The number of carbonyl (C=O) groups excluding carboxylic acids is 2. The molecule has 1 saturated heterocycles. The number of hydrogen-bond donors (Lipinski definition) is 3. The Morgan fingerprint density at radius 1 is 0.933 bits per heavy atom. The average Bonchev–Trinajstić information content (AvgIpc) is 3.83. The Bertz CT molecular complexity index is 1850. The van der Waals surface area contributed by atoms with Gasteiger partial charge >= 0.3 is 5.97 Å². The van der Waals surface area contributed by atoms with E-state index in [1.165, 1.54) is 0 Å². The molecule has 1 atom stereocenters. The molecule has 1 amide bonds. The number of aromatic carboxylic acids is 1. The van der Waals surface area contributed by atoms with Crippen molar-refractivity contribution in [2.45, 2.75) is 45.6 Å². The number of aromatic amines is 2. The molecule has 45 heavy (non-hydrogen) atoms. The van der Waals surface area contributed by atoms with Gasteiger partial charge in [-0.25, -0.2) is 14.8 Å². The topological polar surface area (TPSA) is 144 Å². The van der Waals surface area contributed by atoms with E-state index in [9.17, 15) is 19.5 Å². The maximum absolute atomic E-state index is 14.2. The molecule has 1 spiro atoms. The van der Waals surface area contributed by atoms with Crippen LogP contribution in [0, 0.1) is 5.41 Å². The summed E-state index contributed by atoms with van der Waals surface area (Å²) in [6, 6.07) is 12.3. The second kappa shape index (κ2) is 10.8. The molecule has 3 N–H and O–H groups in total. The highest BCUT2D eigenvalue weighted by Crippen LogP contribution is 2.51. The number of nitrogens with zero attached hydrogens (tertiary/aromatic N) is 5. The van der Waals surface area contributed by atoms with Gasteiger partial charge in [-0.15, -0.1) is 4.59 Å². The van der Waals surface area contributed by atoms with Gasteiger partial charge in [0.15, 0.2) is 5.69 Å². The second-order valence-electron chi connectivity index (χ2n) is 12.5. The summed E-state index contributed by atoms with van der Waals surface area (Å²) in [5.74, 6) is 0.246. The van der Waals surface area contributed by atoms with Gasteiger partial charge in [-0.2, -0.15) is 0 Å². The largest absolute Gasteiger partial charge is 0.477 e. The Kier molecular flexibility index (Phi) is 6.85. The summed E-state index contributed by atoms with van der Waals surface area (Å²) < 4.78 is -0.195. The SMILES string of the molecule is CC(C)[N+]1(c2cc(-c3ncc[nH]3)ccc2C(=O)O)N=CC2=C1C(=O)CC1(CCN(C(=O)c3ccc(-c4ncc[nH]4)cc3)CC1)C2. The number of amides is 1. The standard InChI is InChI=1S/C34H33N7O4/c1-21(2)41(27-17-24(31-37-13-14-38-31)7-8-26(27)33(44)45)29-25(20-39-41)18-34(19-28(29)42)9-15-40(16-10-34)32(43)23-5-3-22(4-6-23)30-35-11-12-36-30/h3-8,11-14,17,20-21H,9-10,15-16,18-19H2,1-2H3,(H2-,35,36,37,38,43,44,45)/p+1. The van der Waals surface area contributed by atoms with Crippen molar-refractivity contribution in [2.75, 3.05) is 13.1 Å². The van der Waals surface area contributed by atoms with E-state index in [0.717, 1.165) is 22.5 Å². The number of carbonyl (C=O) groups is 3. The molecule has 2 aromatic carbocycles. The molecule has 3 aliphatic rings. The number of nitrogens with one attached hydrogen (secondary N) is 2. The second-order valence-corrected chi connectivity index (χ2v) is 12.5. The average molecular weight is 605 g/mol. The van der Waals surface area contributed by atoms with E-state index in [1.54, 1.807) is 49.2 Å². The third-order valence-electron chi connectivity index (χ3n) is 9.54. The zero-order valence-electron chi connectivity index (χ0n) is 25.2. The molecule has 4 heterocycles. The van der Waals surface area contributed by atoms with Crippen molar-refractivity contribution >= 4 is 29.6 Å². The van der Waals surface area contributed by atoms with Crippen molar-refractivity contribution in [3.8, 4) is 22.8 Å². The number of rotatable bonds is 6. The first kappa shape index (κ1) is 28.6. The van der Waals surface area contributed by atoms with Crippen LogP contribution in [0.4, 0.5) is 5.69 Å². The van der Waals surface area contributed by atoms with Gasteiger partial charge in [-0.05, 0) is 62.8 Å². The maximum Gasteiger partial charge on any atom is 0.341 e. The highest BCUT2D eigenvalue weighted by molar-refractivity contribution is 6.08. The minimum atomic E-state index is -1.08. The van der Waals surface area contributed by atoms with Crippen LogP contribution in [0.1, 0.15) is 60.2 Å². The summed E-state index contributed by atoms with van der Waals surface area (Å²) in [5.41, 5.74) is 3.92. The van der Waals surface area contributed by atoms with Crippen molar-refractivity contribution in [3.05, 3.63) is 89.6 Å². The lowest BCUT2D eigenvalue weighted by atomic mass is 9.66. The molecule has 11 heteroatoms. The van der Waals surface area contributed by atoms with Crippen LogP contribution in [0.15, 0.2) is 83.6 Å². The minimum Gasteiger partial charge on any atom is -0.477 e. The van der Waals surface area contributed by atoms with E-state index in [-0.39, 0.29) is 33.3 Å². The first-order valence-electron chi connectivity index (χ1n) is 15.2. The molecule has 2 aliphatic heterocycles. The number of allylic oxidation sites excluding steroid dienone is 2. The Balaban J connectivity index is 1.15. The van der Waals surface area contributed by atoms with Crippen LogP contribution in [0.25, 0.3) is 22.8 Å². The van der Waals surface area contributed by atoms with Crippen molar-refractivity contribution in [1.29, 1.82) is 0 Å². The van der Waals surface area contributed by atoms with Crippen LogP contribution >= 0.6 is 0 Å². The number of Topliss-reactive ketones (excluding diaryl/α,β-unsaturated/α-hetero) is 1. The lowest BCUT2D eigenvalue weighted by molar-refractivity contribution is -0.121. The molecule has 1 fully saturated rings. The number of quaternary nitrogens is 1. The molecule has 228 valence electrons. The zero-order valence-corrected chi connectivity index (χ0v) is 25.2. The third kappa shape index (κ3) is 4.71. The number of piperidine rings is 1. The van der Waals surface area contributed by atoms with E-state index < -0.39 is 5.97 Å². The molecular weight excluding hydrogens is 570 g/mol. The Morgan fingerprint density at radius 2 is 1.58 bits per heavy atom. The highest BCUT2D eigenvalue weighted by Gasteiger charge is 2.55. The quantitative estimate of drug-likeness (QED) is 0.251. The Hall–Kier alpha value is -5.16. The van der Waals surface area contributed by atoms with Crippen LogP contribution < -0.4 is 4.59 Å². The van der Waals surface area contributed by atoms with Crippen molar-refractivity contribution < 1.29 is 19.5 Å². The summed E-state index contributed by atoms with van der Waals surface area (Å²) in [4.78, 5) is 56.7. The van der Waals surface area contributed by atoms with Gasteiger partial charge < -0.3 is 20.0 Å². The van der Waals surface area contributed by atoms with E-state index >= 15 is 0 Å². The Labute approximate surface area is 259 Å². The van der Waals surface area contributed by atoms with Crippen LogP contribution in [0.5, 0.6) is 0 Å². The van der Waals surface area contributed by atoms with Gasteiger partial charge in [-0.1, -0.05) is 17.2 Å². The minimum absolute atomic E-state index is 0.0181. The van der Waals surface area contributed by atoms with Crippen LogP contribution in [-0.2, 0) is 4.79 Å². The molecule has 2 aromatic heterocycles. The van der Waals surface area contributed by atoms with Gasteiger partial charge in [-0.3, -0.25) is 9.59 Å². The predicted octanol–water partition coefficient (Wildman–Crippen LogP) is 5.42. The summed E-state index contributed by atoms with van der Waals surface area (Å²) in [5, 5.41) is 15.1. The van der Waals surface area contributed by atoms with Crippen molar-refractivity contribution in [1.82, 2.24) is 29.4 Å². The van der Waals surface area contributed by atoms with Gasteiger partial charge in [0.25, 0.3) is 5.91 Å². The number of H-pyrrole nitrogens is 2. The van der Waals surface area contributed by atoms with Gasteiger partial charge in [0, 0.05) is 72.6 Å². The fourth-order valence-electron chi connectivity index (χ4n) is 7.22. The molecule has 1 unspecified atom stereocenters. The molecule has 0 radical (unpaired) electrons. The Morgan fingerprint density at radius 3 is 2.18 bits per heavy atom. The number of imidazole rings is 2. The first-order valence-corrected chi connectivity index (χ1v) is 15.2. The van der Waals surface area contributed by atoms with Gasteiger partial charge in [0.1, 0.15) is 23.3 Å². The number of benzene rings is 2. The fraction of sp³-hybridized carbons (Fsp3) is 0.294. The van der Waals surface area contributed by atoms with Crippen LogP contribution in [-0.4, -0.2) is 72.9 Å². The van der Waals surface area contributed by atoms with Crippen molar-refractivity contribution in [3.63, 3.8) is 0 Å². The number of carboxylic acids is 1. The molecular formula is C34H34N7O4+. The van der Waals surface area contributed by atoms with E-state index in [1.807, 2.05) is 43.0 Å². The number of carboxylic acid groups (broad SMARTS) is 1. The molecule has 1 aliphatic carbocycles. The molecule has 4 aromatic rings. The van der Waals surface area contributed by atoms with Crippen LogP contribution in [0.2, 0.25) is 0 Å². The van der Waals surface area contributed by atoms with Gasteiger partial charge in [0.05, 0.1) is 6.21 Å². The monoisotopic (exact) mass is 604 g/mol. The number of likely N-dealkylation sites (tertiary alicyclic amines) is 1. The zero-order chi connectivity index (χ0) is 31.3. The molecule has 11 nitrogen and oxygen atoms in total. The maximum atomic E-state index is 14.2. The summed E-state index contributed by atoms with van der Waals surface area (Å²) in [6.07, 6.45) is 11.0. The molecule has 0 bridgehead atoms. The number of ketones is 1. The van der Waals surface area contributed by atoms with E-state index in [2.05, 4.69) is 19.9 Å². The van der Waals surface area contributed by atoms with E-state index in [0.29, 0.717) is 61.5 Å². The predicted molar refractivity (Wildman–Crippen MR) is 169 cm³/mol. The first-order chi connectivity index (χ1) is 21.7. The number of aromatic nitrogens is 4. The van der Waals surface area contributed by atoms with Gasteiger partial charge in [0.2, 0.25) is 11.5 Å².